The fourth-order valence-electron chi connectivity index (χ4n) is 1.80. The second-order valence-electron chi connectivity index (χ2n) is 4.80. The number of rotatable bonds is 8. The maximum Gasteiger partial charge on any atom is 0.258 e. The highest BCUT2D eigenvalue weighted by Crippen LogP contribution is 2.18. The van der Waals surface area contributed by atoms with Crippen molar-refractivity contribution in [1.82, 2.24) is 5.32 Å². The summed E-state index contributed by atoms with van der Waals surface area (Å²) in [6.45, 7) is 4.39. The van der Waals surface area contributed by atoms with E-state index in [1.807, 2.05) is 38.1 Å². The van der Waals surface area contributed by atoms with E-state index in [2.05, 4.69) is 5.32 Å². The summed E-state index contributed by atoms with van der Waals surface area (Å²) >= 11 is 0. The number of methoxy groups -OCH3 is 1. The number of nitrogens with two attached hydrogens (primary N) is 1. The van der Waals surface area contributed by atoms with Gasteiger partial charge in [0.1, 0.15) is 5.75 Å². The van der Waals surface area contributed by atoms with Gasteiger partial charge in [0, 0.05) is 19.2 Å². The lowest BCUT2D eigenvalue weighted by Crippen LogP contribution is -2.38. The summed E-state index contributed by atoms with van der Waals surface area (Å²) in [6, 6.07) is 7.53. The Kier molecular flexibility index (Phi) is 7.04. The molecule has 1 rings (SSSR count). The Hall–Kier alpha value is -1.59. The van der Waals surface area contributed by atoms with Crippen LogP contribution in [0.15, 0.2) is 24.3 Å². The summed E-state index contributed by atoms with van der Waals surface area (Å²) < 4.78 is 10.4. The van der Waals surface area contributed by atoms with Crippen molar-refractivity contribution < 1.29 is 14.3 Å². The Morgan fingerprint density at radius 3 is 2.55 bits per heavy atom. The normalized spacial score (nSPS) is 13.6. The number of carbonyl (C=O) groups excluding carboxylic acids is 1. The van der Waals surface area contributed by atoms with Crippen LogP contribution in [0.5, 0.6) is 5.75 Å². The van der Waals surface area contributed by atoms with Crippen molar-refractivity contribution in [3.63, 3.8) is 0 Å². The molecule has 112 valence electrons. The van der Waals surface area contributed by atoms with E-state index in [9.17, 15) is 4.79 Å². The lowest BCUT2D eigenvalue weighted by Gasteiger charge is -2.14. The summed E-state index contributed by atoms with van der Waals surface area (Å²) in [6.07, 6.45) is 0.889. The number of carbonyl (C=O) groups is 1. The van der Waals surface area contributed by atoms with E-state index in [0.717, 1.165) is 12.0 Å². The summed E-state index contributed by atoms with van der Waals surface area (Å²) in [4.78, 5) is 11.6. The van der Waals surface area contributed by atoms with Gasteiger partial charge in [-0.3, -0.25) is 4.79 Å². The van der Waals surface area contributed by atoms with Crippen molar-refractivity contribution in [2.45, 2.75) is 32.4 Å². The second kappa shape index (κ2) is 8.55. The van der Waals surface area contributed by atoms with Crippen LogP contribution in [-0.2, 0) is 9.53 Å². The van der Waals surface area contributed by atoms with E-state index in [4.69, 9.17) is 15.2 Å². The van der Waals surface area contributed by atoms with Gasteiger partial charge in [-0.1, -0.05) is 19.1 Å². The van der Waals surface area contributed by atoms with Crippen molar-refractivity contribution in [2.75, 3.05) is 20.3 Å². The first-order chi connectivity index (χ1) is 9.56. The van der Waals surface area contributed by atoms with Gasteiger partial charge < -0.3 is 20.5 Å². The summed E-state index contributed by atoms with van der Waals surface area (Å²) in [5, 5.41) is 2.78. The molecule has 0 fully saturated rings. The molecule has 3 N–H and O–H groups in total. The van der Waals surface area contributed by atoms with Gasteiger partial charge in [-0.05, 0) is 31.0 Å². The van der Waals surface area contributed by atoms with Crippen LogP contribution >= 0.6 is 0 Å². The first kappa shape index (κ1) is 16.5. The van der Waals surface area contributed by atoms with Gasteiger partial charge in [0.05, 0.1) is 6.61 Å². The molecule has 5 nitrogen and oxygen atoms in total. The molecule has 1 aromatic rings. The molecule has 0 spiro atoms. The number of ether oxygens (including phenoxy) is 2. The van der Waals surface area contributed by atoms with Gasteiger partial charge in [0.25, 0.3) is 5.91 Å². The first-order valence-electron chi connectivity index (χ1n) is 6.83. The standard InChI is InChI=1S/C15H24N2O3/c1-4-14(16)12-5-7-13(8-6-12)20-10-15(18)17-11(2)9-19-3/h5-8,11,14H,4,9-10,16H2,1-3H3,(H,17,18). The van der Waals surface area contributed by atoms with E-state index in [1.54, 1.807) is 7.11 Å². The van der Waals surface area contributed by atoms with Crippen LogP contribution in [0.3, 0.4) is 0 Å². The molecule has 0 radical (unpaired) electrons. The molecule has 20 heavy (non-hydrogen) atoms. The molecule has 0 heterocycles. The minimum Gasteiger partial charge on any atom is -0.484 e. The molecule has 0 saturated heterocycles. The van der Waals surface area contributed by atoms with E-state index < -0.39 is 0 Å². The van der Waals surface area contributed by atoms with Crippen LogP contribution < -0.4 is 15.8 Å². The molecule has 0 aromatic heterocycles. The highest BCUT2D eigenvalue weighted by Gasteiger charge is 2.08. The Balaban J connectivity index is 2.40. The lowest BCUT2D eigenvalue weighted by molar-refractivity contribution is -0.124. The fourth-order valence-corrected chi connectivity index (χ4v) is 1.80. The highest BCUT2D eigenvalue weighted by atomic mass is 16.5. The zero-order valence-electron chi connectivity index (χ0n) is 12.4. The van der Waals surface area contributed by atoms with E-state index in [0.29, 0.717) is 12.4 Å². The molecule has 0 aliphatic heterocycles. The Morgan fingerprint density at radius 1 is 1.35 bits per heavy atom. The number of nitrogens with one attached hydrogen (secondary N) is 1. The van der Waals surface area contributed by atoms with Crippen LogP contribution in [0.1, 0.15) is 31.9 Å². The maximum atomic E-state index is 11.6. The first-order valence-corrected chi connectivity index (χ1v) is 6.83. The highest BCUT2D eigenvalue weighted by molar-refractivity contribution is 5.77. The minimum absolute atomic E-state index is 0.00671. The quantitative estimate of drug-likeness (QED) is 0.759. The molecule has 0 bridgehead atoms. The van der Waals surface area contributed by atoms with Crippen LogP contribution in [0.25, 0.3) is 0 Å². The third-order valence-electron chi connectivity index (χ3n) is 2.94. The lowest BCUT2D eigenvalue weighted by atomic mass is 10.1. The molecule has 0 saturated carbocycles. The Labute approximate surface area is 120 Å². The van der Waals surface area contributed by atoms with Gasteiger partial charge in [-0.25, -0.2) is 0 Å². The zero-order valence-corrected chi connectivity index (χ0v) is 12.4. The summed E-state index contributed by atoms with van der Waals surface area (Å²) in [7, 11) is 1.60. The molecule has 0 aliphatic rings. The Bertz CT molecular complexity index is 406. The van der Waals surface area contributed by atoms with Crippen LogP contribution in [0.2, 0.25) is 0 Å². The van der Waals surface area contributed by atoms with Gasteiger partial charge in [0.2, 0.25) is 0 Å². The van der Waals surface area contributed by atoms with Gasteiger partial charge in [-0.15, -0.1) is 0 Å². The monoisotopic (exact) mass is 280 g/mol. The third-order valence-corrected chi connectivity index (χ3v) is 2.94. The molecule has 5 heteroatoms. The smallest absolute Gasteiger partial charge is 0.258 e. The number of benzene rings is 1. The van der Waals surface area contributed by atoms with Crippen molar-refractivity contribution in [3.05, 3.63) is 29.8 Å². The minimum atomic E-state index is -0.163. The van der Waals surface area contributed by atoms with Crippen molar-refractivity contribution in [1.29, 1.82) is 0 Å². The van der Waals surface area contributed by atoms with Gasteiger partial charge >= 0.3 is 0 Å². The predicted octanol–water partition coefficient (Wildman–Crippen LogP) is 1.63. The fraction of sp³-hybridized carbons (Fsp3) is 0.533. The molecule has 2 unspecified atom stereocenters. The summed E-state index contributed by atoms with van der Waals surface area (Å²) in [5.41, 5.74) is 7.00. The number of amides is 1. The van der Waals surface area contributed by atoms with E-state index >= 15 is 0 Å². The largest absolute Gasteiger partial charge is 0.484 e. The molecule has 2 atom stereocenters. The Morgan fingerprint density at radius 2 is 2.00 bits per heavy atom. The van der Waals surface area contributed by atoms with Crippen molar-refractivity contribution in [2.24, 2.45) is 5.73 Å². The maximum absolute atomic E-state index is 11.6. The second-order valence-corrected chi connectivity index (χ2v) is 4.80. The van der Waals surface area contributed by atoms with Crippen LogP contribution in [-0.4, -0.2) is 32.3 Å². The molecule has 0 aliphatic carbocycles. The van der Waals surface area contributed by atoms with Crippen molar-refractivity contribution in [3.8, 4) is 5.75 Å². The van der Waals surface area contributed by atoms with Crippen LogP contribution in [0, 0.1) is 0 Å². The van der Waals surface area contributed by atoms with Crippen LogP contribution in [0.4, 0.5) is 0 Å². The van der Waals surface area contributed by atoms with E-state index in [1.165, 1.54) is 0 Å². The molecular formula is C15H24N2O3. The molecule has 1 amide bonds. The average molecular weight is 280 g/mol. The molecular weight excluding hydrogens is 256 g/mol. The van der Waals surface area contributed by atoms with Crippen molar-refractivity contribution >= 4 is 5.91 Å². The van der Waals surface area contributed by atoms with E-state index in [-0.39, 0.29) is 24.6 Å². The zero-order chi connectivity index (χ0) is 15.0. The van der Waals surface area contributed by atoms with Gasteiger partial charge in [-0.2, -0.15) is 0 Å². The topological polar surface area (TPSA) is 73.6 Å². The summed E-state index contributed by atoms with van der Waals surface area (Å²) in [5.74, 6) is 0.496. The average Bonchev–Trinajstić information content (AvgIpc) is 2.45. The predicted molar refractivity (Wildman–Crippen MR) is 78.6 cm³/mol. The SMILES string of the molecule is CCC(N)c1ccc(OCC(=O)NC(C)COC)cc1. The third kappa shape index (κ3) is 5.59. The molecule has 1 aromatic carbocycles. The number of hydrogen-bond acceptors (Lipinski definition) is 4. The van der Waals surface area contributed by atoms with Gasteiger partial charge in [0.15, 0.2) is 6.61 Å². The number of hydrogen-bond donors (Lipinski definition) is 2.